The Bertz CT molecular complexity index is 1090. The molecule has 198 valence electrons. The van der Waals surface area contributed by atoms with E-state index in [-0.39, 0.29) is 13.0 Å². The molecule has 1 aromatic heterocycles. The second-order valence-electron chi connectivity index (χ2n) is 9.82. The summed E-state index contributed by atoms with van der Waals surface area (Å²) in [6.45, 7) is 5.49. The van der Waals surface area contributed by atoms with Crippen molar-refractivity contribution in [2.45, 2.75) is 70.4 Å². The van der Waals surface area contributed by atoms with E-state index in [1.165, 1.54) is 11.3 Å². The molecule has 3 rings (SSSR count). The number of benzene rings is 2. The van der Waals surface area contributed by atoms with Crippen molar-refractivity contribution in [3.8, 4) is 0 Å². The number of alkyl carbamates (subject to hydrolysis) is 2. The van der Waals surface area contributed by atoms with Gasteiger partial charge in [0, 0.05) is 12.2 Å². The predicted molar refractivity (Wildman–Crippen MR) is 143 cm³/mol. The first-order valence-electron chi connectivity index (χ1n) is 12.2. The molecule has 0 saturated carbocycles. The lowest BCUT2D eigenvalue weighted by Crippen LogP contribution is -2.49. The molecule has 9 heteroatoms. The molecule has 0 fully saturated rings. The van der Waals surface area contributed by atoms with Crippen molar-refractivity contribution in [2.24, 2.45) is 0 Å². The molecule has 3 atom stereocenters. The molecule has 0 aliphatic rings. The number of aliphatic hydroxyl groups excluding tert-OH is 1. The Morgan fingerprint density at radius 1 is 0.946 bits per heavy atom. The fraction of sp³-hybridized carbons (Fsp3) is 0.393. The monoisotopic (exact) mass is 525 g/mol. The average Bonchev–Trinajstić information content (AvgIpc) is 3.36. The summed E-state index contributed by atoms with van der Waals surface area (Å²) < 4.78 is 10.8. The molecule has 0 aliphatic carbocycles. The highest BCUT2D eigenvalue weighted by atomic mass is 32.1. The zero-order valence-electron chi connectivity index (χ0n) is 21.4. The van der Waals surface area contributed by atoms with Crippen LogP contribution in [0.4, 0.5) is 9.59 Å². The largest absolute Gasteiger partial charge is 0.444 e. The first-order valence-corrected chi connectivity index (χ1v) is 13.1. The SMILES string of the molecule is CC(C)(C)OC(=O)N[C@@H](Cc1ccccc1)C[C@@H](O)[C@H](Cc1ccccc1)NC(=O)OCc1cncs1. The highest BCUT2D eigenvalue weighted by Gasteiger charge is 2.28. The third-order valence-electron chi connectivity index (χ3n) is 5.47. The summed E-state index contributed by atoms with van der Waals surface area (Å²) in [5, 5.41) is 17.0. The molecule has 0 spiro atoms. The zero-order valence-corrected chi connectivity index (χ0v) is 22.2. The van der Waals surface area contributed by atoms with Crippen molar-refractivity contribution < 1.29 is 24.2 Å². The Hall–Kier alpha value is -3.43. The normalized spacial score (nSPS) is 13.7. The van der Waals surface area contributed by atoms with E-state index in [9.17, 15) is 14.7 Å². The van der Waals surface area contributed by atoms with Gasteiger partial charge >= 0.3 is 12.2 Å². The van der Waals surface area contributed by atoms with Crippen LogP contribution in [0.15, 0.2) is 72.4 Å². The van der Waals surface area contributed by atoms with Crippen molar-refractivity contribution in [3.05, 3.63) is 88.4 Å². The maximum absolute atomic E-state index is 12.6. The number of thiazole rings is 1. The minimum atomic E-state index is -0.972. The van der Waals surface area contributed by atoms with Gasteiger partial charge in [-0.05, 0) is 51.2 Å². The fourth-order valence-electron chi connectivity index (χ4n) is 3.82. The number of rotatable bonds is 11. The third-order valence-corrected chi connectivity index (χ3v) is 6.22. The molecule has 0 unspecified atom stereocenters. The molecule has 8 nitrogen and oxygen atoms in total. The number of ether oxygens (including phenoxy) is 2. The van der Waals surface area contributed by atoms with Gasteiger partial charge in [-0.15, -0.1) is 11.3 Å². The second kappa shape index (κ2) is 13.8. The van der Waals surface area contributed by atoms with E-state index >= 15 is 0 Å². The molecular formula is C28H35N3O5S. The number of hydrogen-bond acceptors (Lipinski definition) is 7. The van der Waals surface area contributed by atoms with E-state index in [2.05, 4.69) is 15.6 Å². The Morgan fingerprint density at radius 2 is 1.57 bits per heavy atom. The van der Waals surface area contributed by atoms with Gasteiger partial charge in [-0.3, -0.25) is 4.98 Å². The summed E-state index contributed by atoms with van der Waals surface area (Å²) in [6, 6.07) is 18.2. The van der Waals surface area contributed by atoms with Gasteiger partial charge in [0.05, 0.1) is 22.5 Å². The molecule has 2 aromatic carbocycles. The molecule has 0 aliphatic heterocycles. The van der Waals surface area contributed by atoms with Crippen LogP contribution in [-0.4, -0.2) is 46.1 Å². The van der Waals surface area contributed by atoms with Gasteiger partial charge in [-0.25, -0.2) is 9.59 Å². The summed E-state index contributed by atoms with van der Waals surface area (Å²) >= 11 is 1.39. The second-order valence-corrected chi connectivity index (χ2v) is 10.8. The van der Waals surface area contributed by atoms with Crippen LogP contribution in [0.1, 0.15) is 43.2 Å². The number of hydrogen-bond donors (Lipinski definition) is 3. The Kier molecular flexibility index (Phi) is 10.5. The minimum Gasteiger partial charge on any atom is -0.444 e. The zero-order chi connectivity index (χ0) is 26.7. The quantitative estimate of drug-likeness (QED) is 0.330. The van der Waals surface area contributed by atoms with Crippen molar-refractivity contribution >= 4 is 23.5 Å². The molecule has 0 saturated heterocycles. The summed E-state index contributed by atoms with van der Waals surface area (Å²) in [6.07, 6.45) is 0.559. The predicted octanol–water partition coefficient (Wildman–Crippen LogP) is 4.87. The van der Waals surface area contributed by atoms with E-state index in [1.807, 2.05) is 60.7 Å². The minimum absolute atomic E-state index is 0.0987. The van der Waals surface area contributed by atoms with Gasteiger partial charge in [0.1, 0.15) is 12.2 Å². The van der Waals surface area contributed by atoms with Gasteiger partial charge in [0.25, 0.3) is 0 Å². The van der Waals surface area contributed by atoms with Gasteiger partial charge in [-0.1, -0.05) is 60.7 Å². The van der Waals surface area contributed by atoms with Gasteiger partial charge in [-0.2, -0.15) is 0 Å². The first-order chi connectivity index (χ1) is 17.7. The summed E-state index contributed by atoms with van der Waals surface area (Å²) in [4.78, 5) is 30.0. The van der Waals surface area contributed by atoms with Crippen molar-refractivity contribution in [1.82, 2.24) is 15.6 Å². The van der Waals surface area contributed by atoms with Crippen molar-refractivity contribution in [2.75, 3.05) is 0 Å². The number of nitrogens with one attached hydrogen (secondary N) is 2. The lowest BCUT2D eigenvalue weighted by Gasteiger charge is -2.29. The maximum atomic E-state index is 12.6. The summed E-state index contributed by atoms with van der Waals surface area (Å²) in [5.41, 5.74) is 2.98. The third kappa shape index (κ3) is 10.6. The standard InChI is InChI=1S/C28H35N3O5S/c1-28(2,3)36-27(34)30-22(14-20-10-6-4-7-11-20)16-25(32)24(15-21-12-8-5-9-13-21)31-26(33)35-18-23-17-29-19-37-23/h4-13,17,19,22,24-25,32H,14-16,18H2,1-3H3,(H,30,34)(H,31,33)/t22-,24-,25+/m0/s1. The summed E-state index contributed by atoms with van der Waals surface area (Å²) in [5.74, 6) is 0. The van der Waals surface area contributed by atoms with Crippen LogP contribution < -0.4 is 10.6 Å². The van der Waals surface area contributed by atoms with Crippen LogP contribution in [0.3, 0.4) is 0 Å². The van der Waals surface area contributed by atoms with Crippen LogP contribution in [0.25, 0.3) is 0 Å². The van der Waals surface area contributed by atoms with Gasteiger partial charge < -0.3 is 25.2 Å². The van der Waals surface area contributed by atoms with Crippen LogP contribution in [-0.2, 0) is 28.9 Å². The molecule has 0 bridgehead atoms. The van der Waals surface area contributed by atoms with Crippen molar-refractivity contribution in [3.63, 3.8) is 0 Å². The van der Waals surface area contributed by atoms with Crippen LogP contribution in [0.2, 0.25) is 0 Å². The van der Waals surface area contributed by atoms with E-state index in [0.29, 0.717) is 12.8 Å². The highest BCUT2D eigenvalue weighted by Crippen LogP contribution is 2.16. The Labute approximate surface area is 222 Å². The number of amides is 2. The maximum Gasteiger partial charge on any atom is 0.407 e. The van der Waals surface area contributed by atoms with E-state index < -0.39 is 36.0 Å². The number of carbonyl (C=O) groups excluding carboxylic acids is 2. The topological polar surface area (TPSA) is 110 Å². The molecule has 2 amide bonds. The van der Waals surface area contributed by atoms with Gasteiger partial charge in [0.2, 0.25) is 0 Å². The van der Waals surface area contributed by atoms with Gasteiger partial charge in [0.15, 0.2) is 0 Å². The fourth-order valence-corrected chi connectivity index (χ4v) is 4.32. The Morgan fingerprint density at radius 3 is 2.14 bits per heavy atom. The lowest BCUT2D eigenvalue weighted by molar-refractivity contribution is 0.0463. The number of aliphatic hydroxyl groups is 1. The van der Waals surface area contributed by atoms with Crippen LogP contribution in [0.5, 0.6) is 0 Å². The van der Waals surface area contributed by atoms with Crippen molar-refractivity contribution in [1.29, 1.82) is 0 Å². The molecule has 3 N–H and O–H groups in total. The summed E-state index contributed by atoms with van der Waals surface area (Å²) in [7, 11) is 0. The number of aromatic nitrogens is 1. The highest BCUT2D eigenvalue weighted by molar-refractivity contribution is 7.09. The molecule has 3 aromatic rings. The van der Waals surface area contributed by atoms with E-state index in [4.69, 9.17) is 9.47 Å². The molecule has 1 heterocycles. The molecule has 37 heavy (non-hydrogen) atoms. The number of nitrogens with zero attached hydrogens (tertiary/aromatic N) is 1. The lowest BCUT2D eigenvalue weighted by atomic mass is 9.94. The van der Waals surface area contributed by atoms with Crippen LogP contribution in [0, 0.1) is 0 Å². The molecule has 0 radical (unpaired) electrons. The smallest absolute Gasteiger partial charge is 0.407 e. The Balaban J connectivity index is 1.72. The number of carbonyl (C=O) groups is 2. The van der Waals surface area contributed by atoms with E-state index in [0.717, 1.165) is 16.0 Å². The average molecular weight is 526 g/mol. The van der Waals surface area contributed by atoms with Crippen LogP contribution >= 0.6 is 11.3 Å². The first kappa shape index (κ1) is 28.1. The van der Waals surface area contributed by atoms with E-state index in [1.54, 1.807) is 32.5 Å². The molecular weight excluding hydrogens is 490 g/mol.